The van der Waals surface area contributed by atoms with Crippen molar-refractivity contribution in [2.45, 2.75) is 18.9 Å². The van der Waals surface area contributed by atoms with E-state index < -0.39 is 4.92 Å². The third kappa shape index (κ3) is 2.84. The van der Waals surface area contributed by atoms with Crippen LogP contribution in [0.25, 0.3) is 0 Å². The molecule has 2 N–H and O–H groups in total. The second kappa shape index (κ2) is 5.14. The van der Waals surface area contributed by atoms with Gasteiger partial charge in [-0.15, -0.1) is 0 Å². The Morgan fingerprint density at radius 1 is 1.56 bits per heavy atom. The topological polar surface area (TPSA) is 89.5 Å². The van der Waals surface area contributed by atoms with Crippen LogP contribution >= 0.6 is 0 Å². The van der Waals surface area contributed by atoms with Gasteiger partial charge in [-0.3, -0.25) is 14.9 Å². The number of nitrogens with zero attached hydrogens (tertiary/aromatic N) is 2. The van der Waals surface area contributed by atoms with Crippen LogP contribution in [-0.2, 0) is 11.2 Å². The van der Waals surface area contributed by atoms with Gasteiger partial charge in [0.1, 0.15) is 0 Å². The van der Waals surface area contributed by atoms with Crippen LogP contribution < -0.4 is 5.73 Å². The Morgan fingerprint density at radius 3 is 2.94 bits per heavy atom. The van der Waals surface area contributed by atoms with Gasteiger partial charge in [0.05, 0.1) is 11.3 Å². The van der Waals surface area contributed by atoms with Crippen molar-refractivity contribution in [3.05, 3.63) is 39.9 Å². The van der Waals surface area contributed by atoms with Gasteiger partial charge >= 0.3 is 0 Å². The SMILES string of the molecule is N[C@H]1CCN(C(=O)Cc2cccc([N+](=O)[O-])c2)C1. The summed E-state index contributed by atoms with van der Waals surface area (Å²) in [4.78, 5) is 23.8. The van der Waals surface area contributed by atoms with Gasteiger partial charge in [0.2, 0.25) is 5.91 Å². The van der Waals surface area contributed by atoms with E-state index in [-0.39, 0.29) is 24.1 Å². The van der Waals surface area contributed by atoms with E-state index in [1.807, 2.05) is 0 Å². The molecule has 0 aliphatic carbocycles. The number of benzene rings is 1. The van der Waals surface area contributed by atoms with Crippen LogP contribution in [0.5, 0.6) is 0 Å². The Bertz CT molecular complexity index is 475. The molecule has 6 heteroatoms. The van der Waals surface area contributed by atoms with Gasteiger partial charge in [-0.25, -0.2) is 0 Å². The number of nitro groups is 1. The zero-order valence-electron chi connectivity index (χ0n) is 9.91. The molecule has 96 valence electrons. The minimum atomic E-state index is -0.459. The summed E-state index contributed by atoms with van der Waals surface area (Å²) in [5.41, 5.74) is 6.41. The normalized spacial score (nSPS) is 18.9. The van der Waals surface area contributed by atoms with Gasteiger partial charge in [-0.05, 0) is 12.0 Å². The molecule has 6 nitrogen and oxygen atoms in total. The van der Waals surface area contributed by atoms with Crippen LogP contribution in [0.15, 0.2) is 24.3 Å². The third-order valence-corrected chi connectivity index (χ3v) is 3.05. The number of likely N-dealkylation sites (tertiary alicyclic amines) is 1. The number of hydrogen-bond acceptors (Lipinski definition) is 4. The van der Waals surface area contributed by atoms with Crippen LogP contribution in [0.4, 0.5) is 5.69 Å². The van der Waals surface area contributed by atoms with Crippen molar-refractivity contribution < 1.29 is 9.72 Å². The van der Waals surface area contributed by atoms with E-state index in [4.69, 9.17) is 5.73 Å². The molecule has 0 spiro atoms. The molecule has 1 aromatic carbocycles. The highest BCUT2D eigenvalue weighted by Crippen LogP contribution is 2.15. The lowest BCUT2D eigenvalue weighted by Crippen LogP contribution is -2.32. The number of hydrogen-bond donors (Lipinski definition) is 1. The van der Waals surface area contributed by atoms with Gasteiger partial charge in [0.25, 0.3) is 5.69 Å². The molecule has 1 aliphatic rings. The zero-order chi connectivity index (χ0) is 13.1. The van der Waals surface area contributed by atoms with Crippen LogP contribution in [0.2, 0.25) is 0 Å². The maximum atomic E-state index is 11.9. The molecular weight excluding hydrogens is 234 g/mol. The predicted octanol–water partition coefficient (Wildman–Crippen LogP) is 0.697. The summed E-state index contributed by atoms with van der Waals surface area (Å²) in [6.45, 7) is 1.25. The highest BCUT2D eigenvalue weighted by Gasteiger charge is 2.23. The first-order chi connectivity index (χ1) is 8.56. The molecule has 0 bridgehead atoms. The van der Waals surface area contributed by atoms with Crippen molar-refractivity contribution in [3.8, 4) is 0 Å². The summed E-state index contributed by atoms with van der Waals surface area (Å²) in [5.74, 6) is -0.0246. The number of carbonyl (C=O) groups is 1. The molecule has 18 heavy (non-hydrogen) atoms. The van der Waals surface area contributed by atoms with Gasteiger partial charge in [0.15, 0.2) is 0 Å². The van der Waals surface area contributed by atoms with E-state index >= 15 is 0 Å². The molecule has 0 unspecified atom stereocenters. The molecule has 1 aromatic rings. The number of non-ortho nitro benzene ring substituents is 1. The zero-order valence-corrected chi connectivity index (χ0v) is 9.91. The van der Waals surface area contributed by atoms with E-state index in [1.165, 1.54) is 12.1 Å². The molecule has 0 saturated carbocycles. The number of carbonyl (C=O) groups excluding carboxylic acids is 1. The maximum absolute atomic E-state index is 11.9. The van der Waals surface area contributed by atoms with E-state index in [2.05, 4.69) is 0 Å². The van der Waals surface area contributed by atoms with Gasteiger partial charge in [0, 0.05) is 31.3 Å². The monoisotopic (exact) mass is 249 g/mol. The molecule has 0 aromatic heterocycles. The molecule has 0 radical (unpaired) electrons. The Morgan fingerprint density at radius 2 is 2.33 bits per heavy atom. The highest BCUT2D eigenvalue weighted by molar-refractivity contribution is 5.79. The van der Waals surface area contributed by atoms with Gasteiger partial charge < -0.3 is 10.6 Å². The first-order valence-electron chi connectivity index (χ1n) is 5.83. The molecule has 1 atom stereocenters. The fourth-order valence-corrected chi connectivity index (χ4v) is 2.08. The second-order valence-corrected chi connectivity index (χ2v) is 4.49. The standard InChI is InChI=1S/C12H15N3O3/c13-10-4-5-14(8-10)12(16)7-9-2-1-3-11(6-9)15(17)18/h1-3,6,10H,4-5,7-8,13H2/t10-/m0/s1. The lowest BCUT2D eigenvalue weighted by Gasteiger charge is -2.15. The first kappa shape index (κ1) is 12.5. The molecule has 1 fully saturated rings. The van der Waals surface area contributed by atoms with Gasteiger partial charge in [-0.1, -0.05) is 12.1 Å². The number of nitro benzene ring substituents is 1. The fraction of sp³-hybridized carbons (Fsp3) is 0.417. The minimum absolute atomic E-state index is 0.0124. The van der Waals surface area contributed by atoms with Gasteiger partial charge in [-0.2, -0.15) is 0 Å². The van der Waals surface area contributed by atoms with Crippen molar-refractivity contribution >= 4 is 11.6 Å². The summed E-state index contributed by atoms with van der Waals surface area (Å²) >= 11 is 0. The van der Waals surface area contributed by atoms with Crippen molar-refractivity contribution in [3.63, 3.8) is 0 Å². The summed E-state index contributed by atoms with van der Waals surface area (Å²) in [5, 5.41) is 10.6. The van der Waals surface area contributed by atoms with E-state index in [1.54, 1.807) is 17.0 Å². The summed E-state index contributed by atoms with van der Waals surface area (Å²) in [6.07, 6.45) is 1.01. The molecule has 1 heterocycles. The molecule has 1 amide bonds. The lowest BCUT2D eigenvalue weighted by atomic mass is 10.1. The van der Waals surface area contributed by atoms with Crippen molar-refractivity contribution in [1.82, 2.24) is 4.90 Å². The maximum Gasteiger partial charge on any atom is 0.269 e. The van der Waals surface area contributed by atoms with E-state index in [0.717, 1.165) is 6.42 Å². The Balaban J connectivity index is 2.03. The Kier molecular flexibility index (Phi) is 3.57. The largest absolute Gasteiger partial charge is 0.341 e. The van der Waals surface area contributed by atoms with E-state index in [9.17, 15) is 14.9 Å². The minimum Gasteiger partial charge on any atom is -0.341 e. The lowest BCUT2D eigenvalue weighted by molar-refractivity contribution is -0.384. The quantitative estimate of drug-likeness (QED) is 0.630. The molecular formula is C12H15N3O3. The van der Waals surface area contributed by atoms with Crippen LogP contribution in [0.3, 0.4) is 0 Å². The fourth-order valence-electron chi connectivity index (χ4n) is 2.08. The molecule has 1 aliphatic heterocycles. The number of rotatable bonds is 3. The third-order valence-electron chi connectivity index (χ3n) is 3.05. The highest BCUT2D eigenvalue weighted by atomic mass is 16.6. The predicted molar refractivity (Wildman–Crippen MR) is 66.0 cm³/mol. The van der Waals surface area contributed by atoms with E-state index in [0.29, 0.717) is 18.7 Å². The molecule has 1 saturated heterocycles. The Labute approximate surface area is 105 Å². The first-order valence-corrected chi connectivity index (χ1v) is 5.83. The summed E-state index contributed by atoms with van der Waals surface area (Å²) < 4.78 is 0. The average Bonchev–Trinajstić information content (AvgIpc) is 2.76. The summed E-state index contributed by atoms with van der Waals surface area (Å²) in [7, 11) is 0. The van der Waals surface area contributed by atoms with Crippen molar-refractivity contribution in [2.75, 3.05) is 13.1 Å². The molecule has 2 rings (SSSR count). The van der Waals surface area contributed by atoms with Crippen molar-refractivity contribution in [2.24, 2.45) is 5.73 Å². The smallest absolute Gasteiger partial charge is 0.269 e. The Hall–Kier alpha value is -1.95. The second-order valence-electron chi connectivity index (χ2n) is 4.49. The van der Waals surface area contributed by atoms with Crippen LogP contribution in [0.1, 0.15) is 12.0 Å². The summed E-state index contributed by atoms with van der Waals surface area (Å²) in [6, 6.07) is 6.23. The van der Waals surface area contributed by atoms with Crippen LogP contribution in [-0.4, -0.2) is 34.9 Å². The van der Waals surface area contributed by atoms with Crippen LogP contribution in [0, 0.1) is 10.1 Å². The number of nitrogens with two attached hydrogens (primary N) is 1. The van der Waals surface area contributed by atoms with Crippen molar-refractivity contribution in [1.29, 1.82) is 0 Å². The number of amides is 1. The average molecular weight is 249 g/mol.